The quantitative estimate of drug-likeness (QED) is 0.527. The van der Waals surface area contributed by atoms with Crippen molar-refractivity contribution in [3.8, 4) is 0 Å². The highest BCUT2D eigenvalue weighted by Gasteiger charge is 2.53. The van der Waals surface area contributed by atoms with E-state index >= 15 is 0 Å². The maximum Gasteiger partial charge on any atom is 0.416 e. The Morgan fingerprint density at radius 2 is 1.90 bits per heavy atom. The first-order chi connectivity index (χ1) is 13.7. The van der Waals surface area contributed by atoms with Gasteiger partial charge in [0.1, 0.15) is 0 Å². The first-order valence-electron chi connectivity index (χ1n) is 9.86. The third kappa shape index (κ3) is 3.98. The summed E-state index contributed by atoms with van der Waals surface area (Å²) in [6, 6.07) is 4.39. The summed E-state index contributed by atoms with van der Waals surface area (Å²) < 4.78 is 38.3. The third-order valence-corrected chi connectivity index (χ3v) is 6.63. The number of carbonyl (C=O) groups is 2. The second-order valence-corrected chi connectivity index (χ2v) is 8.53. The van der Waals surface area contributed by atoms with E-state index in [1.165, 1.54) is 12.1 Å². The molecule has 1 aromatic carbocycles. The van der Waals surface area contributed by atoms with Gasteiger partial charge in [0.15, 0.2) is 0 Å². The van der Waals surface area contributed by atoms with Gasteiger partial charge < -0.3 is 10.2 Å². The van der Waals surface area contributed by atoms with E-state index < -0.39 is 29.6 Å². The van der Waals surface area contributed by atoms with E-state index in [9.17, 15) is 22.8 Å². The summed E-state index contributed by atoms with van der Waals surface area (Å²) in [5.74, 6) is -1.41. The summed E-state index contributed by atoms with van der Waals surface area (Å²) in [4.78, 5) is 26.9. The standard InChI is InChI=1S/C20H24F3N3O3/c21-20(22,23)14-3-1-12(2-4-14)13-5-8-26(10-13)18(28)16-15(17(27)25-29)9-19(6-7-19)11-24-16/h1-4,13,15-16,24,29H,5-11H2,(H,25,27)/t13?,15-,16-/m0/s1. The zero-order valence-corrected chi connectivity index (χ0v) is 15.8. The summed E-state index contributed by atoms with van der Waals surface area (Å²) >= 11 is 0. The van der Waals surface area contributed by atoms with Gasteiger partial charge in [0.05, 0.1) is 17.5 Å². The molecule has 3 atom stereocenters. The number of amides is 2. The molecule has 1 aliphatic carbocycles. The number of carbonyl (C=O) groups excluding carboxylic acids is 2. The van der Waals surface area contributed by atoms with Gasteiger partial charge in [0.25, 0.3) is 0 Å². The van der Waals surface area contributed by atoms with Gasteiger partial charge in [-0.1, -0.05) is 12.1 Å². The average Bonchev–Trinajstić information content (AvgIpc) is 3.27. The molecule has 3 N–H and O–H groups in total. The largest absolute Gasteiger partial charge is 0.416 e. The SMILES string of the molecule is O=C(NO)[C@H]1CC2(CC2)CN[C@@H]1C(=O)N1CCC(c2ccc(C(F)(F)F)cc2)C1. The molecular formula is C20H24F3N3O3. The maximum atomic E-state index is 13.1. The minimum atomic E-state index is -4.37. The zero-order chi connectivity index (χ0) is 20.8. The van der Waals surface area contributed by atoms with E-state index in [0.29, 0.717) is 32.5 Å². The Labute approximate surface area is 166 Å². The van der Waals surface area contributed by atoms with Crippen LogP contribution in [0.25, 0.3) is 0 Å². The number of hydrogen-bond donors (Lipinski definition) is 3. The molecular weight excluding hydrogens is 387 g/mol. The number of nitrogens with zero attached hydrogens (tertiary/aromatic N) is 1. The predicted octanol–water partition coefficient (Wildman–Crippen LogP) is 2.29. The maximum absolute atomic E-state index is 13.1. The molecule has 2 amide bonds. The van der Waals surface area contributed by atoms with Crippen LogP contribution in [0.3, 0.4) is 0 Å². The number of halogens is 3. The Bertz CT molecular complexity index is 792. The molecule has 0 aromatic heterocycles. The molecule has 3 fully saturated rings. The lowest BCUT2D eigenvalue weighted by molar-refractivity contribution is -0.144. The highest BCUT2D eigenvalue weighted by Crippen LogP contribution is 2.52. The van der Waals surface area contributed by atoms with Crippen LogP contribution in [0.5, 0.6) is 0 Å². The second-order valence-electron chi connectivity index (χ2n) is 8.53. The monoisotopic (exact) mass is 411 g/mol. The first kappa shape index (κ1) is 20.2. The Morgan fingerprint density at radius 1 is 1.21 bits per heavy atom. The van der Waals surface area contributed by atoms with Crippen molar-refractivity contribution in [2.45, 2.75) is 43.8 Å². The van der Waals surface area contributed by atoms with Crippen LogP contribution in [-0.2, 0) is 15.8 Å². The summed E-state index contributed by atoms with van der Waals surface area (Å²) in [6.07, 6.45) is -1.13. The molecule has 2 saturated heterocycles. The molecule has 0 bridgehead atoms. The highest BCUT2D eigenvalue weighted by molar-refractivity contribution is 5.90. The van der Waals surface area contributed by atoms with Crippen LogP contribution in [0.4, 0.5) is 13.2 Å². The molecule has 29 heavy (non-hydrogen) atoms. The van der Waals surface area contributed by atoms with Gasteiger partial charge >= 0.3 is 6.18 Å². The van der Waals surface area contributed by atoms with Crippen LogP contribution in [0, 0.1) is 11.3 Å². The minimum Gasteiger partial charge on any atom is -0.341 e. The average molecular weight is 411 g/mol. The molecule has 0 radical (unpaired) electrons. The number of benzene rings is 1. The normalized spacial score (nSPS) is 28.4. The van der Waals surface area contributed by atoms with Crippen molar-refractivity contribution in [1.82, 2.24) is 15.7 Å². The van der Waals surface area contributed by atoms with Crippen LogP contribution in [0.1, 0.15) is 42.7 Å². The molecule has 158 valence electrons. The molecule has 6 nitrogen and oxygen atoms in total. The summed E-state index contributed by atoms with van der Waals surface area (Å²) in [7, 11) is 0. The summed E-state index contributed by atoms with van der Waals surface area (Å²) in [5.41, 5.74) is 1.82. The molecule has 1 unspecified atom stereocenters. The van der Waals surface area contributed by atoms with Gasteiger partial charge in [-0.25, -0.2) is 5.48 Å². The van der Waals surface area contributed by atoms with E-state index in [1.54, 1.807) is 10.4 Å². The second kappa shape index (κ2) is 7.28. The van der Waals surface area contributed by atoms with Gasteiger partial charge in [-0.05, 0) is 48.8 Å². The molecule has 1 spiro atoms. The van der Waals surface area contributed by atoms with Gasteiger partial charge in [0, 0.05) is 25.6 Å². The minimum absolute atomic E-state index is 0.0373. The van der Waals surface area contributed by atoms with Gasteiger partial charge in [-0.3, -0.25) is 14.8 Å². The van der Waals surface area contributed by atoms with Gasteiger partial charge in [-0.15, -0.1) is 0 Å². The number of likely N-dealkylation sites (tertiary alicyclic amines) is 1. The molecule has 3 aliphatic rings. The molecule has 2 aliphatic heterocycles. The lowest BCUT2D eigenvalue weighted by atomic mass is 9.81. The van der Waals surface area contributed by atoms with Crippen LogP contribution < -0.4 is 10.8 Å². The number of nitrogens with one attached hydrogen (secondary N) is 2. The van der Waals surface area contributed by atoms with Gasteiger partial charge in [-0.2, -0.15) is 13.2 Å². The van der Waals surface area contributed by atoms with E-state index in [0.717, 1.165) is 30.5 Å². The Kier molecular flexibility index (Phi) is 5.06. The van der Waals surface area contributed by atoms with Crippen LogP contribution >= 0.6 is 0 Å². The first-order valence-corrected chi connectivity index (χ1v) is 9.86. The molecule has 4 rings (SSSR count). The van der Waals surface area contributed by atoms with Crippen molar-refractivity contribution in [1.29, 1.82) is 0 Å². The fourth-order valence-corrected chi connectivity index (χ4v) is 4.64. The number of rotatable bonds is 3. The van der Waals surface area contributed by atoms with Crippen molar-refractivity contribution >= 4 is 11.8 Å². The zero-order valence-electron chi connectivity index (χ0n) is 15.8. The number of hydroxylamine groups is 1. The molecule has 1 aromatic rings. The predicted molar refractivity (Wildman–Crippen MR) is 96.9 cm³/mol. The van der Waals surface area contributed by atoms with E-state index in [4.69, 9.17) is 5.21 Å². The van der Waals surface area contributed by atoms with Crippen molar-refractivity contribution in [3.63, 3.8) is 0 Å². The lowest BCUT2D eigenvalue weighted by Gasteiger charge is -2.37. The third-order valence-electron chi connectivity index (χ3n) is 6.63. The van der Waals surface area contributed by atoms with Gasteiger partial charge in [0.2, 0.25) is 11.8 Å². The Morgan fingerprint density at radius 3 is 2.48 bits per heavy atom. The Hall–Kier alpha value is -2.13. The highest BCUT2D eigenvalue weighted by atomic mass is 19.4. The number of piperidine rings is 1. The topological polar surface area (TPSA) is 81.7 Å². The van der Waals surface area contributed by atoms with Crippen molar-refractivity contribution < 1.29 is 28.0 Å². The van der Waals surface area contributed by atoms with Crippen LogP contribution in [0.15, 0.2) is 24.3 Å². The van der Waals surface area contributed by atoms with E-state index in [-0.39, 0.29) is 17.2 Å². The fourth-order valence-electron chi connectivity index (χ4n) is 4.64. The van der Waals surface area contributed by atoms with Crippen LogP contribution in [-0.4, -0.2) is 47.6 Å². The van der Waals surface area contributed by atoms with Crippen LogP contribution in [0.2, 0.25) is 0 Å². The van der Waals surface area contributed by atoms with Crippen molar-refractivity contribution in [3.05, 3.63) is 35.4 Å². The molecule has 9 heteroatoms. The summed E-state index contributed by atoms with van der Waals surface area (Å²) in [6.45, 7) is 1.57. The fraction of sp³-hybridized carbons (Fsp3) is 0.600. The van der Waals surface area contributed by atoms with Crippen molar-refractivity contribution in [2.75, 3.05) is 19.6 Å². The van der Waals surface area contributed by atoms with E-state index in [2.05, 4.69) is 5.32 Å². The van der Waals surface area contributed by atoms with Crippen molar-refractivity contribution in [2.24, 2.45) is 11.3 Å². The smallest absolute Gasteiger partial charge is 0.341 e. The summed E-state index contributed by atoms with van der Waals surface area (Å²) in [5, 5.41) is 12.3. The number of alkyl halides is 3. The number of hydrogen-bond acceptors (Lipinski definition) is 4. The Balaban J connectivity index is 1.43. The van der Waals surface area contributed by atoms with E-state index in [1.807, 2.05) is 0 Å². The molecule has 2 heterocycles. The molecule has 1 saturated carbocycles. The lowest BCUT2D eigenvalue weighted by Crippen LogP contribution is -2.58.